The maximum absolute atomic E-state index is 13.6. The van der Waals surface area contributed by atoms with Crippen LogP contribution in [0.5, 0.6) is 0 Å². The minimum Gasteiger partial charge on any atom is -0.345 e. The molecule has 3 heterocycles. The lowest BCUT2D eigenvalue weighted by Crippen LogP contribution is -2.48. The number of hydrogen-bond donors (Lipinski definition) is 0. The second-order valence-corrected chi connectivity index (χ2v) is 8.45. The monoisotopic (exact) mass is 429 g/mol. The number of piperazine rings is 1. The quantitative estimate of drug-likeness (QED) is 0.486. The van der Waals surface area contributed by atoms with E-state index < -0.39 is 0 Å². The molecule has 4 aromatic rings. The molecule has 5 rings (SSSR count). The van der Waals surface area contributed by atoms with E-state index in [9.17, 15) is 4.79 Å². The molecule has 1 amide bonds. The normalized spacial score (nSPS) is 14.1. The number of carbonyl (C=O) groups is 1. The molecule has 0 spiro atoms. The molecule has 2 aromatic carbocycles. The van der Waals surface area contributed by atoms with Crippen LogP contribution >= 0.6 is 11.3 Å². The summed E-state index contributed by atoms with van der Waals surface area (Å²) < 4.78 is 1.81. The zero-order chi connectivity index (χ0) is 21.2. The molecule has 1 saturated heterocycles. The van der Waals surface area contributed by atoms with Crippen LogP contribution in [0.3, 0.4) is 0 Å². The van der Waals surface area contributed by atoms with Gasteiger partial charge in [-0.15, -0.1) is 11.3 Å². The summed E-state index contributed by atoms with van der Waals surface area (Å²) in [4.78, 5) is 22.1. The number of amides is 1. The van der Waals surface area contributed by atoms with Crippen molar-refractivity contribution < 1.29 is 4.79 Å². The molecule has 0 atom stereocenters. The van der Waals surface area contributed by atoms with Crippen LogP contribution in [0, 0.1) is 6.92 Å². The van der Waals surface area contributed by atoms with Crippen molar-refractivity contribution in [3.63, 3.8) is 0 Å². The van der Waals surface area contributed by atoms with Crippen molar-refractivity contribution in [3.8, 4) is 16.9 Å². The first-order valence-corrected chi connectivity index (χ1v) is 11.2. The zero-order valence-electron chi connectivity index (χ0n) is 17.3. The number of para-hydroxylation sites is 1. The fraction of sp³-hybridized carbons (Fsp3) is 0.208. The van der Waals surface area contributed by atoms with E-state index in [0.29, 0.717) is 18.7 Å². The molecule has 0 bridgehead atoms. The average molecular weight is 430 g/mol. The standard InChI is InChI=1S/C24H23N5OS/c1-18-7-5-6-10-20(18)22-21(17-29(26-22)19-8-3-2-4-9-19)23(30)27-12-14-28(15-13-27)24-25-11-16-31-24/h2-11,16-17H,12-15H2,1H3. The van der Waals surface area contributed by atoms with Crippen molar-refractivity contribution in [1.82, 2.24) is 19.7 Å². The van der Waals surface area contributed by atoms with Gasteiger partial charge < -0.3 is 9.80 Å². The molecule has 0 unspecified atom stereocenters. The lowest BCUT2D eigenvalue weighted by Gasteiger charge is -2.34. The van der Waals surface area contributed by atoms with Crippen molar-refractivity contribution >= 4 is 22.4 Å². The highest BCUT2D eigenvalue weighted by Gasteiger charge is 2.27. The lowest BCUT2D eigenvalue weighted by molar-refractivity contribution is 0.0747. The van der Waals surface area contributed by atoms with Crippen LogP contribution in [0.4, 0.5) is 5.13 Å². The third-order valence-electron chi connectivity index (χ3n) is 5.62. The van der Waals surface area contributed by atoms with E-state index >= 15 is 0 Å². The topological polar surface area (TPSA) is 54.3 Å². The number of benzene rings is 2. The third kappa shape index (κ3) is 3.84. The molecule has 0 aliphatic carbocycles. The van der Waals surface area contributed by atoms with Crippen molar-refractivity contribution in [1.29, 1.82) is 0 Å². The Morgan fingerprint density at radius 3 is 2.42 bits per heavy atom. The first-order valence-electron chi connectivity index (χ1n) is 10.4. The summed E-state index contributed by atoms with van der Waals surface area (Å²) in [6, 6.07) is 18.0. The van der Waals surface area contributed by atoms with E-state index in [1.807, 2.05) is 71.2 Å². The minimum absolute atomic E-state index is 0.0271. The summed E-state index contributed by atoms with van der Waals surface area (Å²) in [6.45, 7) is 4.96. The Kier molecular flexibility index (Phi) is 5.26. The Hall–Kier alpha value is -3.45. The number of nitrogens with zero attached hydrogens (tertiary/aromatic N) is 5. The largest absolute Gasteiger partial charge is 0.345 e. The maximum atomic E-state index is 13.6. The fourth-order valence-corrected chi connectivity index (χ4v) is 4.62. The van der Waals surface area contributed by atoms with Gasteiger partial charge in [-0.05, 0) is 24.6 Å². The molecule has 0 N–H and O–H groups in total. The summed E-state index contributed by atoms with van der Waals surface area (Å²) >= 11 is 1.64. The highest BCUT2D eigenvalue weighted by atomic mass is 32.1. The van der Waals surface area contributed by atoms with Crippen LogP contribution in [0.15, 0.2) is 72.4 Å². The summed E-state index contributed by atoms with van der Waals surface area (Å²) in [6.07, 6.45) is 3.69. The Labute approximate surface area is 185 Å². The first-order chi connectivity index (χ1) is 15.2. The van der Waals surface area contributed by atoms with Crippen LogP contribution < -0.4 is 4.90 Å². The smallest absolute Gasteiger partial charge is 0.257 e. The van der Waals surface area contributed by atoms with E-state index in [2.05, 4.69) is 22.9 Å². The molecule has 2 aromatic heterocycles. The van der Waals surface area contributed by atoms with E-state index in [0.717, 1.165) is 40.7 Å². The summed E-state index contributed by atoms with van der Waals surface area (Å²) in [5.41, 5.74) is 4.39. The third-order valence-corrected chi connectivity index (χ3v) is 6.45. The van der Waals surface area contributed by atoms with Gasteiger partial charge in [0.15, 0.2) is 5.13 Å². The van der Waals surface area contributed by atoms with E-state index in [-0.39, 0.29) is 5.91 Å². The molecule has 0 radical (unpaired) electrons. The van der Waals surface area contributed by atoms with Gasteiger partial charge in [0.1, 0.15) is 5.69 Å². The molecular formula is C24H23N5OS. The van der Waals surface area contributed by atoms with Gasteiger partial charge in [-0.25, -0.2) is 9.67 Å². The molecule has 7 heteroatoms. The molecule has 0 saturated carbocycles. The zero-order valence-corrected chi connectivity index (χ0v) is 18.1. The number of aryl methyl sites for hydroxylation is 1. The molecule has 1 fully saturated rings. The van der Waals surface area contributed by atoms with Gasteiger partial charge in [-0.2, -0.15) is 5.10 Å². The second kappa shape index (κ2) is 8.35. The Balaban J connectivity index is 1.47. The molecule has 1 aliphatic heterocycles. The van der Waals surface area contributed by atoms with Gasteiger partial charge in [0, 0.05) is 49.5 Å². The van der Waals surface area contributed by atoms with Gasteiger partial charge in [0.05, 0.1) is 11.3 Å². The van der Waals surface area contributed by atoms with Crippen LogP contribution in [0.1, 0.15) is 15.9 Å². The molecule has 31 heavy (non-hydrogen) atoms. The van der Waals surface area contributed by atoms with Gasteiger partial charge in [0.25, 0.3) is 5.91 Å². The summed E-state index contributed by atoms with van der Waals surface area (Å²) in [5.74, 6) is 0.0271. The van der Waals surface area contributed by atoms with Crippen LogP contribution in [0.25, 0.3) is 16.9 Å². The summed E-state index contributed by atoms with van der Waals surface area (Å²) in [7, 11) is 0. The Morgan fingerprint density at radius 2 is 1.71 bits per heavy atom. The highest BCUT2D eigenvalue weighted by Crippen LogP contribution is 2.28. The van der Waals surface area contributed by atoms with Crippen molar-refractivity contribution in [3.05, 3.63) is 83.5 Å². The van der Waals surface area contributed by atoms with E-state index in [1.165, 1.54) is 0 Å². The number of carbonyl (C=O) groups excluding carboxylic acids is 1. The van der Waals surface area contributed by atoms with E-state index in [4.69, 9.17) is 5.10 Å². The Morgan fingerprint density at radius 1 is 0.968 bits per heavy atom. The predicted octanol–water partition coefficient (Wildman–Crippen LogP) is 4.27. The number of thiazole rings is 1. The van der Waals surface area contributed by atoms with Gasteiger partial charge in [0.2, 0.25) is 0 Å². The highest BCUT2D eigenvalue weighted by molar-refractivity contribution is 7.13. The SMILES string of the molecule is Cc1ccccc1-c1nn(-c2ccccc2)cc1C(=O)N1CCN(c2nccs2)CC1. The molecule has 156 valence electrons. The molecule has 6 nitrogen and oxygen atoms in total. The van der Waals surface area contributed by atoms with Crippen LogP contribution in [-0.4, -0.2) is 51.8 Å². The van der Waals surface area contributed by atoms with Crippen LogP contribution in [0.2, 0.25) is 0 Å². The molecule has 1 aliphatic rings. The van der Waals surface area contributed by atoms with Crippen molar-refractivity contribution in [2.45, 2.75) is 6.92 Å². The predicted molar refractivity (Wildman–Crippen MR) is 124 cm³/mol. The summed E-state index contributed by atoms with van der Waals surface area (Å²) in [5, 5.41) is 7.84. The number of hydrogen-bond acceptors (Lipinski definition) is 5. The van der Waals surface area contributed by atoms with Gasteiger partial charge in [-0.3, -0.25) is 4.79 Å². The van der Waals surface area contributed by atoms with Crippen molar-refractivity contribution in [2.24, 2.45) is 0 Å². The van der Waals surface area contributed by atoms with E-state index in [1.54, 1.807) is 16.0 Å². The van der Waals surface area contributed by atoms with Gasteiger partial charge in [-0.1, -0.05) is 42.5 Å². The first kappa shape index (κ1) is 19.5. The second-order valence-electron chi connectivity index (χ2n) is 7.58. The minimum atomic E-state index is 0.0271. The Bertz CT molecular complexity index is 1180. The fourth-order valence-electron chi connectivity index (χ4n) is 3.92. The maximum Gasteiger partial charge on any atom is 0.257 e. The number of anilines is 1. The average Bonchev–Trinajstić information content (AvgIpc) is 3.50. The molecular weight excluding hydrogens is 406 g/mol. The van der Waals surface area contributed by atoms with Crippen LogP contribution in [-0.2, 0) is 0 Å². The number of rotatable bonds is 4. The van der Waals surface area contributed by atoms with Crippen molar-refractivity contribution in [2.75, 3.05) is 31.1 Å². The van der Waals surface area contributed by atoms with Gasteiger partial charge >= 0.3 is 0 Å². The lowest BCUT2D eigenvalue weighted by atomic mass is 10.0. The number of aromatic nitrogens is 3.